The summed E-state index contributed by atoms with van der Waals surface area (Å²) in [6.45, 7) is 2.80. The molecule has 74 valence electrons. The third-order valence-corrected chi connectivity index (χ3v) is 2.04. The Morgan fingerprint density at radius 2 is 1.85 bits per heavy atom. The molecule has 0 aromatic heterocycles. The number of nitrogens with two attached hydrogens (primary N) is 1. The molecular weight excluding hydrogens is 186 g/mol. The molecule has 1 aromatic rings. The van der Waals surface area contributed by atoms with Crippen LogP contribution in [-0.2, 0) is 0 Å². The Balaban J connectivity index is 0.00000144. The Kier molecular flexibility index (Phi) is 5.51. The normalized spacial score (nSPS) is 11.6. The molecule has 0 fully saturated rings. The summed E-state index contributed by atoms with van der Waals surface area (Å²) in [6.07, 6.45) is 0. The van der Waals surface area contributed by atoms with Gasteiger partial charge in [0.2, 0.25) is 0 Å². The Morgan fingerprint density at radius 1 is 1.31 bits per heavy atom. The predicted molar refractivity (Wildman–Crippen MR) is 57.7 cm³/mol. The molecule has 0 spiro atoms. The second kappa shape index (κ2) is 5.84. The number of hydrogen-bond acceptors (Lipinski definition) is 2. The van der Waals surface area contributed by atoms with E-state index in [1.165, 1.54) is 5.56 Å². The molecular formula is C10H16ClNO. The first-order valence-electron chi connectivity index (χ1n) is 4.12. The second-order valence-electron chi connectivity index (χ2n) is 2.91. The highest BCUT2D eigenvalue weighted by Crippen LogP contribution is 2.17. The SMILES string of the molecule is COc1ccc([C@@H](C)CN)cc1.Cl. The topological polar surface area (TPSA) is 35.2 Å². The number of ether oxygens (including phenoxy) is 1. The van der Waals surface area contributed by atoms with Crippen LogP contribution in [0.5, 0.6) is 5.75 Å². The van der Waals surface area contributed by atoms with Crippen molar-refractivity contribution in [1.29, 1.82) is 0 Å². The minimum Gasteiger partial charge on any atom is -0.497 e. The van der Waals surface area contributed by atoms with Crippen LogP contribution in [0.15, 0.2) is 24.3 Å². The molecule has 1 atom stereocenters. The Bertz CT molecular complexity index is 235. The van der Waals surface area contributed by atoms with Gasteiger partial charge in [-0.05, 0) is 30.2 Å². The first kappa shape index (κ1) is 12.3. The summed E-state index contributed by atoms with van der Waals surface area (Å²) >= 11 is 0. The fraction of sp³-hybridized carbons (Fsp3) is 0.400. The van der Waals surface area contributed by atoms with Crippen LogP contribution in [0.25, 0.3) is 0 Å². The van der Waals surface area contributed by atoms with Gasteiger partial charge in [-0.15, -0.1) is 12.4 Å². The average Bonchev–Trinajstić information content (AvgIpc) is 2.17. The number of hydrogen-bond donors (Lipinski definition) is 1. The van der Waals surface area contributed by atoms with Gasteiger partial charge in [-0.1, -0.05) is 19.1 Å². The standard InChI is InChI=1S/C10H15NO.ClH/c1-8(7-11)9-3-5-10(12-2)6-4-9;/h3-6,8H,7,11H2,1-2H3;1H/t8-;/m0./s1. The zero-order valence-corrected chi connectivity index (χ0v) is 8.80. The van der Waals surface area contributed by atoms with E-state index in [0.29, 0.717) is 12.5 Å². The Labute approximate surface area is 85.5 Å². The van der Waals surface area contributed by atoms with Crippen molar-refractivity contribution in [2.24, 2.45) is 5.73 Å². The molecule has 0 bridgehead atoms. The molecule has 0 aliphatic heterocycles. The van der Waals surface area contributed by atoms with Gasteiger partial charge in [-0.3, -0.25) is 0 Å². The molecule has 3 heteroatoms. The van der Waals surface area contributed by atoms with E-state index in [0.717, 1.165) is 5.75 Å². The molecule has 0 saturated carbocycles. The van der Waals surface area contributed by atoms with E-state index in [1.54, 1.807) is 7.11 Å². The van der Waals surface area contributed by atoms with Gasteiger partial charge in [-0.2, -0.15) is 0 Å². The van der Waals surface area contributed by atoms with Crippen molar-refractivity contribution in [1.82, 2.24) is 0 Å². The molecule has 0 amide bonds. The molecule has 0 heterocycles. The predicted octanol–water partition coefficient (Wildman–Crippen LogP) is 2.18. The maximum Gasteiger partial charge on any atom is 0.118 e. The van der Waals surface area contributed by atoms with E-state index < -0.39 is 0 Å². The molecule has 0 saturated heterocycles. The van der Waals surface area contributed by atoms with E-state index in [9.17, 15) is 0 Å². The third-order valence-electron chi connectivity index (χ3n) is 2.04. The number of benzene rings is 1. The fourth-order valence-electron chi connectivity index (χ4n) is 1.07. The highest BCUT2D eigenvalue weighted by molar-refractivity contribution is 5.85. The third kappa shape index (κ3) is 3.25. The van der Waals surface area contributed by atoms with Crippen molar-refractivity contribution < 1.29 is 4.74 Å². The van der Waals surface area contributed by atoms with Crippen LogP contribution in [-0.4, -0.2) is 13.7 Å². The highest BCUT2D eigenvalue weighted by atomic mass is 35.5. The summed E-state index contributed by atoms with van der Waals surface area (Å²) in [6, 6.07) is 8.02. The minimum atomic E-state index is 0. The van der Waals surface area contributed by atoms with Crippen LogP contribution in [0.4, 0.5) is 0 Å². The van der Waals surface area contributed by atoms with Crippen molar-refractivity contribution in [3.8, 4) is 5.75 Å². The first-order chi connectivity index (χ1) is 5.77. The molecule has 0 aliphatic rings. The second-order valence-corrected chi connectivity index (χ2v) is 2.91. The number of halogens is 1. The van der Waals surface area contributed by atoms with Crippen LogP contribution in [0.3, 0.4) is 0 Å². The Morgan fingerprint density at radius 3 is 2.23 bits per heavy atom. The molecule has 13 heavy (non-hydrogen) atoms. The zero-order valence-electron chi connectivity index (χ0n) is 7.99. The molecule has 2 N–H and O–H groups in total. The van der Waals surface area contributed by atoms with Gasteiger partial charge < -0.3 is 10.5 Å². The van der Waals surface area contributed by atoms with Gasteiger partial charge in [0, 0.05) is 0 Å². The van der Waals surface area contributed by atoms with Crippen molar-refractivity contribution in [2.75, 3.05) is 13.7 Å². The highest BCUT2D eigenvalue weighted by Gasteiger charge is 2.01. The largest absolute Gasteiger partial charge is 0.497 e. The maximum atomic E-state index is 5.54. The van der Waals surface area contributed by atoms with E-state index in [1.807, 2.05) is 12.1 Å². The lowest BCUT2D eigenvalue weighted by molar-refractivity contribution is 0.414. The lowest BCUT2D eigenvalue weighted by Crippen LogP contribution is -2.08. The Hall–Kier alpha value is -0.730. The van der Waals surface area contributed by atoms with E-state index in [-0.39, 0.29) is 12.4 Å². The van der Waals surface area contributed by atoms with Crippen molar-refractivity contribution >= 4 is 12.4 Å². The van der Waals surface area contributed by atoms with Gasteiger partial charge in [0.05, 0.1) is 7.11 Å². The minimum absolute atomic E-state index is 0. The quantitative estimate of drug-likeness (QED) is 0.814. The van der Waals surface area contributed by atoms with E-state index >= 15 is 0 Å². The van der Waals surface area contributed by atoms with Crippen LogP contribution >= 0.6 is 12.4 Å². The smallest absolute Gasteiger partial charge is 0.118 e. The molecule has 0 aliphatic carbocycles. The summed E-state index contributed by atoms with van der Waals surface area (Å²) in [5.41, 5.74) is 6.81. The van der Waals surface area contributed by atoms with Gasteiger partial charge in [-0.25, -0.2) is 0 Å². The number of rotatable bonds is 3. The molecule has 2 nitrogen and oxygen atoms in total. The molecule has 1 aromatic carbocycles. The zero-order chi connectivity index (χ0) is 8.97. The summed E-state index contributed by atoms with van der Waals surface area (Å²) in [5.74, 6) is 1.32. The molecule has 1 rings (SSSR count). The molecule has 0 radical (unpaired) electrons. The summed E-state index contributed by atoms with van der Waals surface area (Å²) in [4.78, 5) is 0. The van der Waals surface area contributed by atoms with Crippen molar-refractivity contribution in [2.45, 2.75) is 12.8 Å². The van der Waals surface area contributed by atoms with Gasteiger partial charge in [0.25, 0.3) is 0 Å². The summed E-state index contributed by atoms with van der Waals surface area (Å²) in [7, 11) is 1.67. The lowest BCUT2D eigenvalue weighted by atomic mass is 10.0. The van der Waals surface area contributed by atoms with Crippen LogP contribution in [0.1, 0.15) is 18.4 Å². The van der Waals surface area contributed by atoms with Gasteiger partial charge in [0.15, 0.2) is 0 Å². The maximum absolute atomic E-state index is 5.54. The lowest BCUT2D eigenvalue weighted by Gasteiger charge is -2.08. The fourth-order valence-corrected chi connectivity index (χ4v) is 1.07. The van der Waals surface area contributed by atoms with Crippen LogP contribution < -0.4 is 10.5 Å². The monoisotopic (exact) mass is 201 g/mol. The van der Waals surface area contributed by atoms with E-state index in [4.69, 9.17) is 10.5 Å². The first-order valence-corrected chi connectivity index (χ1v) is 4.12. The van der Waals surface area contributed by atoms with Crippen molar-refractivity contribution in [3.63, 3.8) is 0 Å². The van der Waals surface area contributed by atoms with E-state index in [2.05, 4.69) is 19.1 Å². The number of methoxy groups -OCH3 is 1. The van der Waals surface area contributed by atoms with Crippen molar-refractivity contribution in [3.05, 3.63) is 29.8 Å². The van der Waals surface area contributed by atoms with Gasteiger partial charge >= 0.3 is 0 Å². The van der Waals surface area contributed by atoms with Gasteiger partial charge in [0.1, 0.15) is 5.75 Å². The summed E-state index contributed by atoms with van der Waals surface area (Å²) in [5, 5.41) is 0. The summed E-state index contributed by atoms with van der Waals surface area (Å²) < 4.78 is 5.05. The van der Waals surface area contributed by atoms with Crippen LogP contribution in [0.2, 0.25) is 0 Å². The molecule has 0 unspecified atom stereocenters. The average molecular weight is 202 g/mol. The van der Waals surface area contributed by atoms with Crippen LogP contribution in [0, 0.1) is 0 Å².